The van der Waals surface area contributed by atoms with E-state index < -0.39 is 5.97 Å². The number of amides is 1. The van der Waals surface area contributed by atoms with E-state index in [0.29, 0.717) is 6.42 Å². The first-order valence-corrected chi connectivity index (χ1v) is 8.28. The van der Waals surface area contributed by atoms with Crippen molar-refractivity contribution in [3.63, 3.8) is 0 Å². The molecule has 1 N–H and O–H groups in total. The van der Waals surface area contributed by atoms with Gasteiger partial charge in [0.05, 0.1) is 18.2 Å². The summed E-state index contributed by atoms with van der Waals surface area (Å²) < 4.78 is 0. The van der Waals surface area contributed by atoms with Gasteiger partial charge >= 0.3 is 5.97 Å². The van der Waals surface area contributed by atoms with Crippen LogP contribution in [0, 0.1) is 6.92 Å². The average Bonchev–Trinajstić information content (AvgIpc) is 3.06. The summed E-state index contributed by atoms with van der Waals surface area (Å²) in [6, 6.07) is 17.6. The molecule has 3 rings (SSSR count). The molecule has 1 aliphatic heterocycles. The summed E-state index contributed by atoms with van der Waals surface area (Å²) in [5.41, 5.74) is 3.97. The summed E-state index contributed by atoms with van der Waals surface area (Å²) in [6.07, 6.45) is 0.376. The van der Waals surface area contributed by atoms with Crippen molar-refractivity contribution in [1.82, 2.24) is 5.01 Å². The number of benzene rings is 2. The number of carbonyl (C=O) groups is 2. The predicted octanol–water partition coefficient (Wildman–Crippen LogP) is 3.54. The highest BCUT2D eigenvalue weighted by Crippen LogP contribution is 2.33. The molecule has 0 saturated heterocycles. The molecule has 0 aromatic heterocycles. The van der Waals surface area contributed by atoms with Crippen molar-refractivity contribution in [3.8, 4) is 0 Å². The number of carbonyl (C=O) groups excluding carboxylic acids is 1. The third-order valence-corrected chi connectivity index (χ3v) is 4.29. The van der Waals surface area contributed by atoms with E-state index in [-0.39, 0.29) is 24.8 Å². The van der Waals surface area contributed by atoms with Gasteiger partial charge in [-0.2, -0.15) is 5.10 Å². The van der Waals surface area contributed by atoms with Gasteiger partial charge in [-0.25, -0.2) is 5.01 Å². The number of hydrogen-bond acceptors (Lipinski definition) is 3. The first-order valence-electron chi connectivity index (χ1n) is 8.28. The van der Waals surface area contributed by atoms with Crippen molar-refractivity contribution >= 4 is 17.6 Å². The molecule has 1 heterocycles. The Balaban J connectivity index is 1.89. The van der Waals surface area contributed by atoms with Crippen molar-refractivity contribution in [2.75, 3.05) is 0 Å². The number of hydrogen-bond donors (Lipinski definition) is 1. The molecule has 0 unspecified atom stereocenters. The quantitative estimate of drug-likeness (QED) is 0.908. The molecule has 0 spiro atoms. The number of aliphatic carboxylic acids is 1. The van der Waals surface area contributed by atoms with E-state index in [9.17, 15) is 9.59 Å². The van der Waals surface area contributed by atoms with Crippen LogP contribution in [0.3, 0.4) is 0 Å². The van der Waals surface area contributed by atoms with Crippen molar-refractivity contribution in [3.05, 3.63) is 71.3 Å². The number of carboxylic acid groups (broad SMARTS) is 1. The molecule has 128 valence electrons. The van der Waals surface area contributed by atoms with Crippen LogP contribution in [-0.2, 0) is 9.59 Å². The maximum Gasteiger partial charge on any atom is 0.303 e. The second-order valence-corrected chi connectivity index (χ2v) is 6.18. The Morgan fingerprint density at radius 1 is 1.08 bits per heavy atom. The normalized spacial score (nSPS) is 16.6. The zero-order chi connectivity index (χ0) is 17.8. The van der Waals surface area contributed by atoms with Gasteiger partial charge in [0.25, 0.3) is 0 Å². The highest BCUT2D eigenvalue weighted by Gasteiger charge is 2.32. The molecule has 0 fully saturated rings. The summed E-state index contributed by atoms with van der Waals surface area (Å²) >= 11 is 0. The Hall–Kier alpha value is -2.95. The van der Waals surface area contributed by atoms with Crippen molar-refractivity contribution < 1.29 is 14.7 Å². The lowest BCUT2D eigenvalue weighted by Crippen LogP contribution is -2.27. The molecule has 0 bridgehead atoms. The molecule has 0 saturated carbocycles. The van der Waals surface area contributed by atoms with Crippen molar-refractivity contribution in [2.24, 2.45) is 5.10 Å². The number of aryl methyl sites for hydroxylation is 1. The van der Waals surface area contributed by atoms with E-state index in [0.717, 1.165) is 22.4 Å². The maximum atomic E-state index is 12.5. The highest BCUT2D eigenvalue weighted by molar-refractivity contribution is 6.03. The van der Waals surface area contributed by atoms with Crippen LogP contribution >= 0.6 is 0 Å². The summed E-state index contributed by atoms with van der Waals surface area (Å²) in [7, 11) is 0. The van der Waals surface area contributed by atoms with E-state index in [1.54, 1.807) is 0 Å². The SMILES string of the molecule is Cc1ccc([C@@H]2CC(c3ccccc3)=NN2C(=O)CCC(=O)O)cc1. The molecule has 5 heteroatoms. The molecule has 5 nitrogen and oxygen atoms in total. The first-order chi connectivity index (χ1) is 12.0. The standard InChI is InChI=1S/C20H20N2O3/c1-14-7-9-16(10-8-14)18-13-17(15-5-3-2-4-6-15)21-22(18)19(23)11-12-20(24)25/h2-10,18H,11-13H2,1H3,(H,24,25)/t18-/m0/s1. The minimum absolute atomic E-state index is 0.0523. The number of rotatable bonds is 5. The molecule has 1 aliphatic rings. The molecule has 1 atom stereocenters. The predicted molar refractivity (Wildman–Crippen MR) is 95.2 cm³/mol. The Labute approximate surface area is 146 Å². The third-order valence-electron chi connectivity index (χ3n) is 4.29. The molecular formula is C20H20N2O3. The summed E-state index contributed by atoms with van der Waals surface area (Å²) in [5, 5.41) is 14.8. The zero-order valence-electron chi connectivity index (χ0n) is 14.1. The lowest BCUT2D eigenvalue weighted by atomic mass is 9.97. The second-order valence-electron chi connectivity index (χ2n) is 6.18. The van der Waals surface area contributed by atoms with E-state index in [2.05, 4.69) is 5.10 Å². The smallest absolute Gasteiger partial charge is 0.303 e. The Kier molecular flexibility index (Phi) is 4.93. The number of carboxylic acids is 1. The van der Waals surface area contributed by atoms with Crippen LogP contribution < -0.4 is 0 Å². The van der Waals surface area contributed by atoms with Gasteiger partial charge in [-0.3, -0.25) is 9.59 Å². The highest BCUT2D eigenvalue weighted by atomic mass is 16.4. The third kappa shape index (κ3) is 3.94. The molecule has 2 aromatic rings. The average molecular weight is 336 g/mol. The van der Waals surface area contributed by atoms with Crippen LogP contribution in [0.2, 0.25) is 0 Å². The molecule has 0 radical (unpaired) electrons. The Morgan fingerprint density at radius 3 is 2.40 bits per heavy atom. The molecule has 25 heavy (non-hydrogen) atoms. The van der Waals surface area contributed by atoms with Gasteiger partial charge in [0.2, 0.25) is 5.91 Å². The number of nitrogens with zero attached hydrogens (tertiary/aromatic N) is 2. The van der Waals surface area contributed by atoms with Crippen molar-refractivity contribution in [2.45, 2.75) is 32.2 Å². The largest absolute Gasteiger partial charge is 0.481 e. The minimum atomic E-state index is -0.980. The fraction of sp³-hybridized carbons (Fsp3) is 0.250. The summed E-state index contributed by atoms with van der Waals surface area (Å²) in [6.45, 7) is 2.01. The van der Waals surface area contributed by atoms with Gasteiger partial charge in [-0.05, 0) is 18.1 Å². The van der Waals surface area contributed by atoms with Gasteiger partial charge < -0.3 is 5.11 Å². The topological polar surface area (TPSA) is 70.0 Å². The molecule has 0 aliphatic carbocycles. The fourth-order valence-electron chi connectivity index (χ4n) is 2.92. The van der Waals surface area contributed by atoms with E-state index >= 15 is 0 Å². The maximum absolute atomic E-state index is 12.5. The lowest BCUT2D eigenvalue weighted by Gasteiger charge is -2.22. The van der Waals surface area contributed by atoms with E-state index in [4.69, 9.17) is 5.11 Å². The van der Waals surface area contributed by atoms with Gasteiger partial charge in [0.15, 0.2) is 0 Å². The molecular weight excluding hydrogens is 316 g/mol. The monoisotopic (exact) mass is 336 g/mol. The van der Waals surface area contributed by atoms with Crippen LogP contribution in [0.25, 0.3) is 0 Å². The minimum Gasteiger partial charge on any atom is -0.481 e. The second kappa shape index (κ2) is 7.30. The van der Waals surface area contributed by atoms with Gasteiger partial charge in [-0.1, -0.05) is 60.2 Å². The first kappa shape index (κ1) is 16.9. The van der Waals surface area contributed by atoms with Crippen LogP contribution in [-0.4, -0.2) is 27.7 Å². The van der Waals surface area contributed by atoms with Crippen LogP contribution in [0.15, 0.2) is 59.7 Å². The van der Waals surface area contributed by atoms with Crippen LogP contribution in [0.1, 0.15) is 42.0 Å². The van der Waals surface area contributed by atoms with Gasteiger partial charge in [0, 0.05) is 12.8 Å². The summed E-state index contributed by atoms with van der Waals surface area (Å²) in [5.74, 6) is -1.24. The van der Waals surface area contributed by atoms with E-state index in [1.165, 1.54) is 5.01 Å². The molecule has 1 amide bonds. The van der Waals surface area contributed by atoms with Crippen LogP contribution in [0.5, 0.6) is 0 Å². The lowest BCUT2D eigenvalue weighted by molar-refractivity contribution is -0.141. The zero-order valence-corrected chi connectivity index (χ0v) is 14.1. The fourth-order valence-corrected chi connectivity index (χ4v) is 2.92. The van der Waals surface area contributed by atoms with Gasteiger partial charge in [-0.15, -0.1) is 0 Å². The Bertz CT molecular complexity index is 797. The van der Waals surface area contributed by atoms with Crippen molar-refractivity contribution in [1.29, 1.82) is 0 Å². The molecule has 2 aromatic carbocycles. The number of hydrazone groups is 1. The van der Waals surface area contributed by atoms with Crippen LogP contribution in [0.4, 0.5) is 0 Å². The van der Waals surface area contributed by atoms with Gasteiger partial charge in [0.1, 0.15) is 0 Å². The summed E-state index contributed by atoms with van der Waals surface area (Å²) in [4.78, 5) is 23.3. The Morgan fingerprint density at radius 2 is 1.76 bits per heavy atom. The van der Waals surface area contributed by atoms with E-state index in [1.807, 2.05) is 61.5 Å².